The largest absolute Gasteiger partial charge is 0.481 e. The first kappa shape index (κ1) is 29.2. The number of carboxylic acid groups (broad SMARTS) is 1. The van der Waals surface area contributed by atoms with Crippen LogP contribution in [0, 0.1) is 23.0 Å². The summed E-state index contributed by atoms with van der Waals surface area (Å²) in [5.41, 5.74) is 6.54. The average Bonchev–Trinajstić information content (AvgIpc) is 3.12. The highest BCUT2D eigenvalue weighted by Crippen LogP contribution is 2.49. The van der Waals surface area contributed by atoms with E-state index in [1.807, 2.05) is 20.8 Å². The first-order valence-electron chi connectivity index (χ1n) is 12.6. The number of hydrogen-bond donors (Lipinski definition) is 4. The summed E-state index contributed by atoms with van der Waals surface area (Å²) in [5, 5.41) is 15.5. The van der Waals surface area contributed by atoms with Crippen molar-refractivity contribution >= 4 is 35.1 Å². The van der Waals surface area contributed by atoms with Gasteiger partial charge in [0, 0.05) is 28.2 Å². The molecule has 1 amide bonds. The van der Waals surface area contributed by atoms with E-state index in [1.54, 1.807) is 18.2 Å². The summed E-state index contributed by atoms with van der Waals surface area (Å²) in [6.45, 7) is 6.04. The fraction of sp³-hybridized carbons (Fsp3) is 0.379. The third-order valence-electron chi connectivity index (χ3n) is 7.29. The Morgan fingerprint density at radius 1 is 1.15 bits per heavy atom. The third-order valence-corrected chi connectivity index (χ3v) is 7.81. The molecule has 5 unspecified atom stereocenters. The molecular formula is C29H31Cl2F2N3O3. The van der Waals surface area contributed by atoms with E-state index < -0.39 is 53.0 Å². The van der Waals surface area contributed by atoms with Crippen molar-refractivity contribution in [1.29, 1.82) is 0 Å². The van der Waals surface area contributed by atoms with Gasteiger partial charge in [-0.3, -0.25) is 9.59 Å². The molecule has 39 heavy (non-hydrogen) atoms. The van der Waals surface area contributed by atoms with E-state index in [0.29, 0.717) is 17.7 Å². The minimum Gasteiger partial charge on any atom is -0.481 e. The molecule has 1 aliphatic heterocycles. The van der Waals surface area contributed by atoms with Crippen LogP contribution >= 0.6 is 23.2 Å². The lowest BCUT2D eigenvalue weighted by molar-refractivity contribution is -0.140. The van der Waals surface area contributed by atoms with E-state index >= 15 is 4.39 Å². The van der Waals surface area contributed by atoms with E-state index in [0.717, 1.165) is 0 Å². The number of hydrogen-bond acceptors (Lipinski definition) is 4. The molecule has 1 aliphatic carbocycles. The van der Waals surface area contributed by atoms with Gasteiger partial charge < -0.3 is 21.5 Å². The highest BCUT2D eigenvalue weighted by Gasteiger charge is 2.57. The van der Waals surface area contributed by atoms with Crippen molar-refractivity contribution < 1.29 is 23.5 Å². The van der Waals surface area contributed by atoms with Crippen LogP contribution in [0.15, 0.2) is 60.3 Å². The van der Waals surface area contributed by atoms with Gasteiger partial charge in [-0.2, -0.15) is 0 Å². The molecule has 2 aromatic rings. The first-order chi connectivity index (χ1) is 18.2. The molecule has 0 aromatic heterocycles. The number of nitrogens with one attached hydrogen (secondary N) is 2. The summed E-state index contributed by atoms with van der Waals surface area (Å²) in [4.78, 5) is 25.1. The van der Waals surface area contributed by atoms with Crippen LogP contribution in [0.4, 0.5) is 8.78 Å². The normalized spacial score (nSPS) is 26.8. The monoisotopic (exact) mass is 577 g/mol. The zero-order valence-electron chi connectivity index (χ0n) is 21.8. The number of rotatable bonds is 6. The molecular weight excluding hydrogens is 547 g/mol. The molecule has 1 fully saturated rings. The number of carboxylic acids is 1. The summed E-state index contributed by atoms with van der Waals surface area (Å²) in [7, 11) is 0. The smallest absolute Gasteiger partial charge is 0.310 e. The average molecular weight is 578 g/mol. The molecule has 5 N–H and O–H groups in total. The van der Waals surface area contributed by atoms with E-state index in [-0.39, 0.29) is 27.4 Å². The van der Waals surface area contributed by atoms with Gasteiger partial charge in [0.05, 0.1) is 22.5 Å². The van der Waals surface area contributed by atoms with Crippen molar-refractivity contribution in [1.82, 2.24) is 10.6 Å². The summed E-state index contributed by atoms with van der Waals surface area (Å²) < 4.78 is 29.7. The van der Waals surface area contributed by atoms with E-state index in [9.17, 15) is 19.1 Å². The van der Waals surface area contributed by atoms with Gasteiger partial charge in [-0.1, -0.05) is 68.3 Å². The fourth-order valence-corrected chi connectivity index (χ4v) is 5.84. The summed E-state index contributed by atoms with van der Waals surface area (Å²) >= 11 is 12.2. The maximum Gasteiger partial charge on any atom is 0.310 e. The fourth-order valence-electron chi connectivity index (χ4n) is 5.50. The van der Waals surface area contributed by atoms with Gasteiger partial charge in [-0.25, -0.2) is 8.78 Å². The molecule has 10 heteroatoms. The molecule has 0 spiro atoms. The first-order valence-corrected chi connectivity index (χ1v) is 13.3. The molecule has 208 valence electrons. The van der Waals surface area contributed by atoms with E-state index in [2.05, 4.69) is 10.6 Å². The molecule has 2 aromatic carbocycles. The molecule has 1 saturated heterocycles. The van der Waals surface area contributed by atoms with Gasteiger partial charge >= 0.3 is 5.97 Å². The Morgan fingerprint density at radius 3 is 2.44 bits per heavy atom. The summed E-state index contributed by atoms with van der Waals surface area (Å²) in [6.07, 6.45) is 5.39. The maximum atomic E-state index is 15.5. The predicted octanol–water partition coefficient (Wildman–Crippen LogP) is 5.65. The number of aliphatic carboxylic acids is 1. The van der Waals surface area contributed by atoms with Crippen molar-refractivity contribution in [3.05, 3.63) is 93.1 Å². The van der Waals surface area contributed by atoms with Gasteiger partial charge in [-0.15, -0.1) is 0 Å². The van der Waals surface area contributed by atoms with Crippen LogP contribution in [0.2, 0.25) is 10.0 Å². The van der Waals surface area contributed by atoms with E-state index in [1.165, 1.54) is 36.4 Å². The van der Waals surface area contributed by atoms with Gasteiger partial charge in [-0.05, 0) is 54.2 Å². The Labute approximate surface area is 236 Å². The second-order valence-corrected chi connectivity index (χ2v) is 12.2. The number of halogens is 4. The SMILES string of the molecule is CC(C)(C)CC1NC(C(=O)NC2=CCC(C(=O)O)C=C2)C(c2ccc(F)c(Cl)c2)C1(N)c1ccc(Cl)cc1F. The Balaban J connectivity index is 1.82. The highest BCUT2D eigenvalue weighted by atomic mass is 35.5. The van der Waals surface area contributed by atoms with Crippen molar-refractivity contribution in [2.45, 2.75) is 57.2 Å². The van der Waals surface area contributed by atoms with Crippen LogP contribution in [0.25, 0.3) is 0 Å². The summed E-state index contributed by atoms with van der Waals surface area (Å²) in [5.74, 6) is -4.21. The van der Waals surface area contributed by atoms with Crippen LogP contribution in [-0.2, 0) is 15.1 Å². The molecule has 0 saturated carbocycles. The van der Waals surface area contributed by atoms with Gasteiger partial charge in [0.2, 0.25) is 5.91 Å². The van der Waals surface area contributed by atoms with Crippen LogP contribution < -0.4 is 16.4 Å². The van der Waals surface area contributed by atoms with Crippen molar-refractivity contribution in [2.75, 3.05) is 0 Å². The van der Waals surface area contributed by atoms with Gasteiger partial charge in [0.25, 0.3) is 0 Å². The topological polar surface area (TPSA) is 104 Å². The van der Waals surface area contributed by atoms with Crippen LogP contribution in [-0.4, -0.2) is 29.1 Å². The van der Waals surface area contributed by atoms with Crippen LogP contribution in [0.1, 0.15) is 50.7 Å². The third kappa shape index (κ3) is 6.04. The number of carbonyl (C=O) groups is 2. The standard InChI is InChI=1S/C29H31Cl2F2N3O3/c1-28(2,3)14-23-29(34,19-10-7-17(30)13-22(19)33)24(16-6-11-21(32)20(31)12-16)25(36-23)26(37)35-18-8-4-15(5-9-18)27(38)39/h4,6-13,15,23-25,36H,5,14,34H2,1-3H3,(H,35,37)(H,38,39). The van der Waals surface area contributed by atoms with Crippen molar-refractivity contribution in [2.24, 2.45) is 17.1 Å². The Morgan fingerprint density at radius 2 is 1.87 bits per heavy atom. The second kappa shape index (κ2) is 11.0. The zero-order chi connectivity index (χ0) is 28.7. The number of amides is 1. The van der Waals surface area contributed by atoms with Crippen LogP contribution in [0.3, 0.4) is 0 Å². The molecule has 0 bridgehead atoms. The lowest BCUT2D eigenvalue weighted by Crippen LogP contribution is -2.52. The summed E-state index contributed by atoms with van der Waals surface area (Å²) in [6, 6.07) is 6.80. The molecule has 4 rings (SSSR count). The maximum absolute atomic E-state index is 15.5. The molecule has 2 aliphatic rings. The van der Waals surface area contributed by atoms with E-state index in [4.69, 9.17) is 28.9 Å². The van der Waals surface area contributed by atoms with Crippen molar-refractivity contribution in [3.63, 3.8) is 0 Å². The quantitative estimate of drug-likeness (QED) is 0.355. The molecule has 0 radical (unpaired) electrons. The number of nitrogens with two attached hydrogens (primary N) is 1. The van der Waals surface area contributed by atoms with Gasteiger partial charge in [0.15, 0.2) is 0 Å². The highest BCUT2D eigenvalue weighted by molar-refractivity contribution is 6.31. The predicted molar refractivity (Wildman–Crippen MR) is 147 cm³/mol. The molecule has 5 atom stereocenters. The lowest BCUT2D eigenvalue weighted by Gasteiger charge is -2.40. The molecule has 1 heterocycles. The number of carbonyl (C=O) groups excluding carboxylic acids is 1. The zero-order valence-corrected chi connectivity index (χ0v) is 23.3. The minimum atomic E-state index is -1.46. The Bertz CT molecular complexity index is 1360. The number of benzene rings is 2. The Kier molecular flexibility index (Phi) is 8.24. The molecule has 6 nitrogen and oxygen atoms in total. The number of allylic oxidation sites excluding steroid dienone is 2. The van der Waals surface area contributed by atoms with Crippen LogP contribution in [0.5, 0.6) is 0 Å². The van der Waals surface area contributed by atoms with Crippen molar-refractivity contribution in [3.8, 4) is 0 Å². The Hall–Kier alpha value is -2.78. The van der Waals surface area contributed by atoms with Gasteiger partial charge in [0.1, 0.15) is 11.6 Å². The lowest BCUT2D eigenvalue weighted by atomic mass is 9.68. The minimum absolute atomic E-state index is 0.150. The second-order valence-electron chi connectivity index (χ2n) is 11.4.